The zero-order valence-electron chi connectivity index (χ0n) is 30.8. The third-order valence-electron chi connectivity index (χ3n) is 11.8. The van der Waals surface area contributed by atoms with Crippen molar-refractivity contribution in [3.05, 3.63) is 195 Å². The minimum absolute atomic E-state index is 1.17. The fourth-order valence-corrected chi connectivity index (χ4v) is 10.6. The lowest BCUT2D eigenvalue weighted by atomic mass is 9.83. The van der Waals surface area contributed by atoms with Gasteiger partial charge in [0, 0.05) is 50.5 Å². The van der Waals surface area contributed by atoms with E-state index in [1.165, 1.54) is 120 Å². The van der Waals surface area contributed by atoms with Crippen molar-refractivity contribution in [1.82, 2.24) is 9.97 Å². The summed E-state index contributed by atoms with van der Waals surface area (Å²) in [6, 6.07) is 62.5. The van der Waals surface area contributed by atoms with Gasteiger partial charge in [0.2, 0.25) is 0 Å². The summed E-state index contributed by atoms with van der Waals surface area (Å²) in [5.41, 5.74) is 17.4. The Hall–Kier alpha value is -7.20. The summed E-state index contributed by atoms with van der Waals surface area (Å²) in [5, 5.41) is 7.62. The first-order valence-corrected chi connectivity index (χ1v) is 20.2. The molecule has 0 saturated carbocycles. The first-order chi connectivity index (χ1) is 28.3. The Morgan fingerprint density at radius 2 is 0.842 bits per heavy atom. The third-order valence-corrected chi connectivity index (χ3v) is 13.0. The molecular formula is C54H32N2S. The van der Waals surface area contributed by atoms with Gasteiger partial charge in [0.15, 0.2) is 0 Å². The average molecular weight is 741 g/mol. The predicted octanol–water partition coefficient (Wildman–Crippen LogP) is 15.1. The number of pyridine rings is 2. The van der Waals surface area contributed by atoms with Crippen molar-refractivity contribution >= 4 is 53.1 Å². The minimum Gasteiger partial charge on any atom is -0.265 e. The van der Waals surface area contributed by atoms with Crippen LogP contribution in [0.25, 0.3) is 120 Å². The summed E-state index contributed by atoms with van der Waals surface area (Å²) in [4.78, 5) is 8.83. The Labute approximate surface area is 334 Å². The molecule has 57 heavy (non-hydrogen) atoms. The van der Waals surface area contributed by atoms with Crippen LogP contribution >= 0.6 is 11.3 Å². The molecule has 0 fully saturated rings. The maximum atomic E-state index is 4.42. The van der Waals surface area contributed by atoms with Gasteiger partial charge in [0.25, 0.3) is 0 Å². The topological polar surface area (TPSA) is 25.8 Å². The van der Waals surface area contributed by atoms with E-state index in [2.05, 4.69) is 180 Å². The molecule has 12 rings (SSSR count). The molecule has 1 aliphatic carbocycles. The Bertz CT molecular complexity index is 3280. The molecule has 0 N–H and O–H groups in total. The molecule has 0 bridgehead atoms. The predicted molar refractivity (Wildman–Crippen MR) is 242 cm³/mol. The van der Waals surface area contributed by atoms with Gasteiger partial charge in [-0.15, -0.1) is 11.3 Å². The molecule has 0 spiro atoms. The Morgan fingerprint density at radius 3 is 1.49 bits per heavy atom. The number of fused-ring (bicyclic) bond motifs is 7. The summed E-state index contributed by atoms with van der Waals surface area (Å²) in [7, 11) is 0. The number of aromatic nitrogens is 2. The van der Waals surface area contributed by atoms with E-state index in [1.807, 2.05) is 36.1 Å². The van der Waals surface area contributed by atoms with Crippen LogP contribution < -0.4 is 0 Å². The first kappa shape index (κ1) is 32.1. The van der Waals surface area contributed by atoms with Gasteiger partial charge in [0.05, 0.1) is 0 Å². The van der Waals surface area contributed by atoms with E-state index in [1.54, 1.807) is 0 Å². The fourth-order valence-electron chi connectivity index (χ4n) is 9.36. The highest BCUT2D eigenvalue weighted by molar-refractivity contribution is 7.26. The Balaban J connectivity index is 1.18. The fraction of sp³-hybridized carbons (Fsp3) is 0. The molecule has 3 heteroatoms. The lowest BCUT2D eigenvalue weighted by Crippen LogP contribution is -1.93. The molecule has 264 valence electrons. The zero-order chi connectivity index (χ0) is 37.5. The highest BCUT2D eigenvalue weighted by Gasteiger charge is 2.31. The maximum absolute atomic E-state index is 4.42. The molecule has 0 aliphatic heterocycles. The molecule has 0 radical (unpaired) electrons. The highest BCUT2D eigenvalue weighted by atomic mass is 32.1. The molecule has 2 nitrogen and oxygen atoms in total. The van der Waals surface area contributed by atoms with E-state index in [-0.39, 0.29) is 0 Å². The average Bonchev–Trinajstić information content (AvgIpc) is 3.83. The van der Waals surface area contributed by atoms with Crippen molar-refractivity contribution in [1.29, 1.82) is 0 Å². The summed E-state index contributed by atoms with van der Waals surface area (Å²) in [6.45, 7) is 0. The summed E-state index contributed by atoms with van der Waals surface area (Å²) < 4.78 is 2.61. The number of nitrogens with zero attached hydrogens (tertiary/aromatic N) is 2. The Morgan fingerprint density at radius 1 is 0.298 bits per heavy atom. The van der Waals surface area contributed by atoms with Crippen LogP contribution in [0.1, 0.15) is 0 Å². The molecule has 0 atom stereocenters. The van der Waals surface area contributed by atoms with E-state index in [0.29, 0.717) is 0 Å². The van der Waals surface area contributed by atoms with Crippen molar-refractivity contribution in [2.45, 2.75) is 0 Å². The van der Waals surface area contributed by atoms with Gasteiger partial charge in [-0.25, -0.2) is 0 Å². The van der Waals surface area contributed by atoms with Crippen molar-refractivity contribution in [3.8, 4) is 77.9 Å². The second-order valence-electron chi connectivity index (χ2n) is 14.9. The van der Waals surface area contributed by atoms with E-state index in [0.717, 1.165) is 0 Å². The van der Waals surface area contributed by atoms with Crippen LogP contribution in [0.4, 0.5) is 0 Å². The van der Waals surface area contributed by atoms with E-state index in [9.17, 15) is 0 Å². The monoisotopic (exact) mass is 740 g/mol. The molecule has 0 saturated heterocycles. The van der Waals surface area contributed by atoms with Crippen LogP contribution in [-0.2, 0) is 0 Å². The number of hydrogen-bond acceptors (Lipinski definition) is 3. The van der Waals surface area contributed by atoms with Crippen LogP contribution in [0.5, 0.6) is 0 Å². The molecule has 0 amide bonds. The first-order valence-electron chi connectivity index (χ1n) is 19.4. The standard InChI is InChI=1S/C54H32N2S/c1-3-10-33(11-4-1)37-18-21-48-45(30-37)47-32-38(34-12-5-2-6-13-34)31-46(54(47)57-48)39-19-20-44-51-40(39)16-9-17-43(51)52-49(35-22-26-55-27-23-35)41-14-7-8-15-42(41)50(53(44)52)36-24-28-56-29-25-36/h1-32H. The highest BCUT2D eigenvalue weighted by Crippen LogP contribution is 2.59. The lowest BCUT2D eigenvalue weighted by molar-refractivity contribution is 1.33. The smallest absolute Gasteiger partial charge is 0.0434 e. The second-order valence-corrected chi connectivity index (χ2v) is 15.9. The molecule has 3 heterocycles. The van der Waals surface area contributed by atoms with Crippen LogP contribution in [0, 0.1) is 0 Å². The van der Waals surface area contributed by atoms with Crippen molar-refractivity contribution < 1.29 is 0 Å². The molecular weight excluding hydrogens is 709 g/mol. The number of benzene rings is 8. The quantitative estimate of drug-likeness (QED) is 0.176. The van der Waals surface area contributed by atoms with Crippen LogP contribution in [0.15, 0.2) is 195 Å². The van der Waals surface area contributed by atoms with Gasteiger partial charge in [-0.05, 0) is 142 Å². The van der Waals surface area contributed by atoms with Gasteiger partial charge in [-0.2, -0.15) is 0 Å². The van der Waals surface area contributed by atoms with Gasteiger partial charge in [-0.3, -0.25) is 9.97 Å². The summed E-state index contributed by atoms with van der Waals surface area (Å²) >= 11 is 1.90. The van der Waals surface area contributed by atoms with Crippen molar-refractivity contribution in [2.24, 2.45) is 0 Å². The van der Waals surface area contributed by atoms with E-state index in [4.69, 9.17) is 0 Å². The summed E-state index contributed by atoms with van der Waals surface area (Å²) in [6.07, 6.45) is 7.64. The SMILES string of the molecule is c1ccc(-c2ccc3sc4c(-c5ccc6c7c(cccc57)-c5c-6c(-c6ccncc6)c6ccccc6c5-c5ccncc5)cc(-c5ccccc5)cc4c3c2)cc1. The molecule has 0 unspecified atom stereocenters. The van der Waals surface area contributed by atoms with Crippen molar-refractivity contribution in [3.63, 3.8) is 0 Å². The second kappa shape index (κ2) is 12.7. The van der Waals surface area contributed by atoms with Crippen LogP contribution in [-0.4, -0.2) is 9.97 Å². The molecule has 3 aromatic heterocycles. The van der Waals surface area contributed by atoms with Gasteiger partial charge >= 0.3 is 0 Å². The number of hydrogen-bond donors (Lipinski definition) is 0. The molecule has 11 aromatic rings. The van der Waals surface area contributed by atoms with Crippen LogP contribution in [0.2, 0.25) is 0 Å². The van der Waals surface area contributed by atoms with Gasteiger partial charge < -0.3 is 0 Å². The van der Waals surface area contributed by atoms with Gasteiger partial charge in [0.1, 0.15) is 0 Å². The lowest BCUT2D eigenvalue weighted by Gasteiger charge is -2.20. The normalized spacial score (nSPS) is 11.9. The van der Waals surface area contributed by atoms with Crippen molar-refractivity contribution in [2.75, 3.05) is 0 Å². The van der Waals surface area contributed by atoms with Gasteiger partial charge in [-0.1, -0.05) is 121 Å². The third kappa shape index (κ3) is 4.89. The van der Waals surface area contributed by atoms with Crippen LogP contribution in [0.3, 0.4) is 0 Å². The minimum atomic E-state index is 1.17. The molecule has 1 aliphatic rings. The number of rotatable bonds is 5. The maximum Gasteiger partial charge on any atom is 0.0434 e. The largest absolute Gasteiger partial charge is 0.265 e. The van der Waals surface area contributed by atoms with E-state index >= 15 is 0 Å². The summed E-state index contributed by atoms with van der Waals surface area (Å²) in [5.74, 6) is 0. The zero-order valence-corrected chi connectivity index (χ0v) is 31.6. The Kier molecular flexibility index (Phi) is 7.13. The van der Waals surface area contributed by atoms with E-state index < -0.39 is 0 Å². The molecule has 8 aromatic carbocycles. The number of thiophene rings is 1.